The summed E-state index contributed by atoms with van der Waals surface area (Å²) < 4.78 is 5.83. The molecule has 25 heavy (non-hydrogen) atoms. The second-order valence-corrected chi connectivity index (χ2v) is 8.18. The fraction of sp³-hybridized carbons (Fsp3) is 0.571. The molecular formula is C21H26N2O2. The standard InChI is InChI=1S/C21H26N2O2/c1-23-12-14(21(24)25-15-5-2-3-6-15)9-17-16-7-4-8-18-20(16)13(11-22-18)10-19(17)23/h4,7-8,11,14-15,17,19,22H,2-3,5-6,9-10,12H2,1H3/t14?,17-,19-/m1/s1. The third kappa shape index (κ3) is 2.50. The molecule has 3 atom stereocenters. The van der Waals surface area contributed by atoms with Gasteiger partial charge in [-0.05, 0) is 62.8 Å². The van der Waals surface area contributed by atoms with Crippen molar-refractivity contribution in [1.29, 1.82) is 0 Å². The van der Waals surface area contributed by atoms with Crippen LogP contribution >= 0.6 is 0 Å². The number of rotatable bonds is 2. The van der Waals surface area contributed by atoms with Gasteiger partial charge in [0.15, 0.2) is 0 Å². The van der Waals surface area contributed by atoms with Crippen LogP contribution in [0.1, 0.15) is 49.1 Å². The van der Waals surface area contributed by atoms with Crippen molar-refractivity contribution >= 4 is 16.9 Å². The summed E-state index contributed by atoms with van der Waals surface area (Å²) in [6.45, 7) is 0.822. The van der Waals surface area contributed by atoms with E-state index in [0.29, 0.717) is 12.0 Å². The number of nitrogens with one attached hydrogen (secondary N) is 1. The molecule has 1 N–H and O–H groups in total. The molecule has 5 rings (SSSR count). The average molecular weight is 338 g/mol. The summed E-state index contributed by atoms with van der Waals surface area (Å²) >= 11 is 0. The largest absolute Gasteiger partial charge is 0.462 e. The zero-order valence-electron chi connectivity index (χ0n) is 14.8. The molecule has 1 saturated carbocycles. The predicted molar refractivity (Wildman–Crippen MR) is 97.6 cm³/mol. The van der Waals surface area contributed by atoms with Crippen LogP contribution in [-0.4, -0.2) is 41.6 Å². The van der Waals surface area contributed by atoms with Gasteiger partial charge in [-0.25, -0.2) is 0 Å². The number of H-pyrrole nitrogens is 1. The average Bonchev–Trinajstić information content (AvgIpc) is 3.27. The van der Waals surface area contributed by atoms with Gasteiger partial charge in [-0.3, -0.25) is 4.79 Å². The van der Waals surface area contributed by atoms with Crippen LogP contribution in [-0.2, 0) is 16.0 Å². The van der Waals surface area contributed by atoms with Crippen LogP contribution in [0.15, 0.2) is 24.4 Å². The molecule has 2 fully saturated rings. The molecule has 132 valence electrons. The minimum atomic E-state index is 0.00241. The summed E-state index contributed by atoms with van der Waals surface area (Å²) in [6.07, 6.45) is 8.82. The molecule has 1 aromatic heterocycles. The van der Waals surface area contributed by atoms with Gasteiger partial charge in [-0.1, -0.05) is 12.1 Å². The number of hydrogen-bond acceptors (Lipinski definition) is 3. The number of nitrogens with zero attached hydrogens (tertiary/aromatic N) is 1. The molecule has 4 nitrogen and oxygen atoms in total. The fourth-order valence-electron chi connectivity index (χ4n) is 5.38. The Morgan fingerprint density at radius 1 is 1.28 bits per heavy atom. The van der Waals surface area contributed by atoms with Crippen LogP contribution in [0, 0.1) is 5.92 Å². The van der Waals surface area contributed by atoms with Crippen molar-refractivity contribution < 1.29 is 9.53 Å². The first kappa shape index (κ1) is 15.4. The Hall–Kier alpha value is -1.81. The maximum absolute atomic E-state index is 12.8. The van der Waals surface area contributed by atoms with E-state index in [4.69, 9.17) is 4.74 Å². The van der Waals surface area contributed by atoms with Crippen molar-refractivity contribution in [2.45, 2.75) is 56.6 Å². The highest BCUT2D eigenvalue weighted by atomic mass is 16.5. The molecule has 2 aromatic rings. The maximum atomic E-state index is 12.8. The zero-order valence-corrected chi connectivity index (χ0v) is 14.8. The quantitative estimate of drug-likeness (QED) is 0.851. The smallest absolute Gasteiger partial charge is 0.310 e. The number of likely N-dealkylation sites (tertiary alicyclic amines) is 1. The number of benzene rings is 1. The molecule has 2 aliphatic carbocycles. The lowest BCUT2D eigenvalue weighted by Crippen LogP contribution is -2.50. The summed E-state index contributed by atoms with van der Waals surface area (Å²) in [5.41, 5.74) is 4.06. The molecule has 1 aromatic carbocycles. The van der Waals surface area contributed by atoms with Crippen molar-refractivity contribution in [3.05, 3.63) is 35.5 Å². The van der Waals surface area contributed by atoms with Crippen LogP contribution in [0.2, 0.25) is 0 Å². The van der Waals surface area contributed by atoms with Gasteiger partial charge in [0.2, 0.25) is 0 Å². The molecule has 0 spiro atoms. The van der Waals surface area contributed by atoms with Gasteiger partial charge in [-0.15, -0.1) is 0 Å². The van der Waals surface area contributed by atoms with Gasteiger partial charge >= 0.3 is 5.97 Å². The number of fused-ring (bicyclic) bond motifs is 2. The first-order valence-corrected chi connectivity index (χ1v) is 9.70. The molecule has 1 saturated heterocycles. The third-order valence-corrected chi connectivity index (χ3v) is 6.64. The summed E-state index contributed by atoms with van der Waals surface area (Å²) in [4.78, 5) is 18.6. The normalized spacial score (nSPS) is 29.7. The summed E-state index contributed by atoms with van der Waals surface area (Å²) in [5, 5.41) is 1.39. The number of esters is 1. The molecule has 0 radical (unpaired) electrons. The fourth-order valence-corrected chi connectivity index (χ4v) is 5.38. The van der Waals surface area contributed by atoms with Crippen molar-refractivity contribution in [2.75, 3.05) is 13.6 Å². The van der Waals surface area contributed by atoms with E-state index in [9.17, 15) is 4.79 Å². The maximum Gasteiger partial charge on any atom is 0.310 e. The third-order valence-electron chi connectivity index (χ3n) is 6.64. The number of aromatic nitrogens is 1. The van der Waals surface area contributed by atoms with E-state index in [1.807, 2.05) is 0 Å². The molecule has 3 aliphatic rings. The summed E-state index contributed by atoms with van der Waals surface area (Å²) in [7, 11) is 2.17. The van der Waals surface area contributed by atoms with Crippen LogP contribution in [0.3, 0.4) is 0 Å². The van der Waals surface area contributed by atoms with E-state index in [2.05, 4.69) is 41.3 Å². The van der Waals surface area contributed by atoms with Gasteiger partial charge in [0.05, 0.1) is 5.92 Å². The zero-order chi connectivity index (χ0) is 17.0. The highest BCUT2D eigenvalue weighted by Gasteiger charge is 2.42. The number of carbonyl (C=O) groups is 1. The number of piperidine rings is 1. The van der Waals surface area contributed by atoms with E-state index in [0.717, 1.165) is 32.2 Å². The first-order valence-electron chi connectivity index (χ1n) is 9.70. The van der Waals surface area contributed by atoms with E-state index in [1.54, 1.807) is 0 Å². The van der Waals surface area contributed by atoms with Gasteiger partial charge in [0.25, 0.3) is 0 Å². The molecule has 2 heterocycles. The molecule has 0 amide bonds. The van der Waals surface area contributed by atoms with Crippen molar-refractivity contribution in [3.8, 4) is 0 Å². The van der Waals surface area contributed by atoms with Crippen molar-refractivity contribution in [3.63, 3.8) is 0 Å². The van der Waals surface area contributed by atoms with Crippen molar-refractivity contribution in [2.24, 2.45) is 5.92 Å². The Kier molecular flexibility index (Phi) is 3.63. The van der Waals surface area contributed by atoms with Crippen molar-refractivity contribution in [1.82, 2.24) is 9.88 Å². The minimum absolute atomic E-state index is 0.00241. The number of likely N-dealkylation sites (N-methyl/N-ethyl adjacent to an activating group) is 1. The Balaban J connectivity index is 1.43. The number of aromatic amines is 1. The van der Waals surface area contributed by atoms with Crippen LogP contribution in [0.4, 0.5) is 0 Å². The summed E-state index contributed by atoms with van der Waals surface area (Å²) in [6, 6.07) is 7.04. The van der Waals surface area contributed by atoms with Crippen LogP contribution in [0.5, 0.6) is 0 Å². The van der Waals surface area contributed by atoms with Gasteiger partial charge in [0, 0.05) is 35.6 Å². The number of ether oxygens (including phenoxy) is 1. The topological polar surface area (TPSA) is 45.3 Å². The number of hydrogen-bond donors (Lipinski definition) is 1. The predicted octanol–water partition coefficient (Wildman–Crippen LogP) is 3.61. The van der Waals surface area contributed by atoms with E-state index >= 15 is 0 Å². The SMILES string of the molecule is CN1CC(C(=O)OC2CCCC2)C[C@@H]2c3cccc4[nH]cc(c34)C[C@H]21. The lowest BCUT2D eigenvalue weighted by Gasteiger charge is -2.45. The number of carbonyl (C=O) groups excluding carboxylic acids is 1. The lowest BCUT2D eigenvalue weighted by atomic mass is 9.72. The minimum Gasteiger partial charge on any atom is -0.462 e. The van der Waals surface area contributed by atoms with E-state index in [1.165, 1.54) is 34.9 Å². The molecule has 1 aliphatic heterocycles. The molecule has 0 bridgehead atoms. The summed E-state index contributed by atoms with van der Waals surface area (Å²) in [5.74, 6) is 0.457. The highest BCUT2D eigenvalue weighted by molar-refractivity contribution is 5.88. The van der Waals surface area contributed by atoms with E-state index < -0.39 is 0 Å². The monoisotopic (exact) mass is 338 g/mol. The van der Waals surface area contributed by atoms with Gasteiger partial charge in [0.1, 0.15) is 6.10 Å². The van der Waals surface area contributed by atoms with Crippen LogP contribution < -0.4 is 0 Å². The Bertz CT molecular complexity index is 805. The molecular weight excluding hydrogens is 312 g/mol. The Morgan fingerprint density at radius 2 is 2.12 bits per heavy atom. The molecule has 4 heteroatoms. The van der Waals surface area contributed by atoms with E-state index in [-0.39, 0.29) is 18.0 Å². The van der Waals surface area contributed by atoms with Gasteiger partial charge < -0.3 is 14.6 Å². The van der Waals surface area contributed by atoms with Gasteiger partial charge in [-0.2, -0.15) is 0 Å². The Morgan fingerprint density at radius 3 is 2.96 bits per heavy atom. The second-order valence-electron chi connectivity index (χ2n) is 8.18. The van der Waals surface area contributed by atoms with Crippen LogP contribution in [0.25, 0.3) is 10.9 Å². The second kappa shape index (κ2) is 5.87. The Labute approximate surface area is 148 Å². The highest BCUT2D eigenvalue weighted by Crippen LogP contribution is 2.44. The lowest BCUT2D eigenvalue weighted by molar-refractivity contribution is -0.156. The molecule has 1 unspecified atom stereocenters. The first-order chi connectivity index (χ1) is 12.2.